The van der Waals surface area contributed by atoms with Crippen molar-refractivity contribution in [3.8, 4) is 0 Å². The van der Waals surface area contributed by atoms with Crippen LogP contribution in [0.5, 0.6) is 0 Å². The van der Waals surface area contributed by atoms with Crippen molar-refractivity contribution in [2.45, 2.75) is 46.7 Å². The van der Waals surface area contributed by atoms with Crippen LogP contribution in [0.25, 0.3) is 0 Å². The van der Waals surface area contributed by atoms with E-state index in [1.165, 1.54) is 0 Å². The van der Waals surface area contributed by atoms with Gasteiger partial charge in [-0.05, 0) is 12.3 Å². The van der Waals surface area contributed by atoms with Gasteiger partial charge in [0.15, 0.2) is 0 Å². The summed E-state index contributed by atoms with van der Waals surface area (Å²) in [6.45, 7) is 8.31. The first-order valence-corrected chi connectivity index (χ1v) is 6.77. The van der Waals surface area contributed by atoms with E-state index < -0.39 is 6.04 Å². The maximum absolute atomic E-state index is 12.6. The standard InChI is InChI=1S/C14H21N3O3/c1-9-7-15-11(20-9)8-17-6-5-10(18)16-12(13(17)19)14(2,3)4/h7,12H,5-6,8H2,1-4H3,(H,16,18). The van der Waals surface area contributed by atoms with Crippen molar-refractivity contribution in [1.29, 1.82) is 0 Å². The van der Waals surface area contributed by atoms with Crippen LogP contribution in [-0.2, 0) is 16.1 Å². The number of amides is 2. The van der Waals surface area contributed by atoms with Gasteiger partial charge in [-0.25, -0.2) is 4.98 Å². The molecule has 2 amide bonds. The van der Waals surface area contributed by atoms with Crippen LogP contribution in [0.2, 0.25) is 0 Å². The molecule has 1 atom stereocenters. The molecule has 0 aromatic carbocycles. The molecule has 0 bridgehead atoms. The van der Waals surface area contributed by atoms with Crippen LogP contribution in [0.15, 0.2) is 10.6 Å². The molecule has 1 N–H and O–H groups in total. The summed E-state index contributed by atoms with van der Waals surface area (Å²) in [7, 11) is 0. The quantitative estimate of drug-likeness (QED) is 0.884. The Balaban J connectivity index is 2.19. The maximum atomic E-state index is 12.6. The van der Waals surface area contributed by atoms with Gasteiger partial charge in [-0.2, -0.15) is 0 Å². The number of hydrogen-bond donors (Lipinski definition) is 1. The Bertz CT molecular complexity index is 516. The summed E-state index contributed by atoms with van der Waals surface area (Å²) in [6.07, 6.45) is 1.93. The summed E-state index contributed by atoms with van der Waals surface area (Å²) in [5.74, 6) is 1.03. The Hall–Kier alpha value is -1.85. The van der Waals surface area contributed by atoms with Gasteiger partial charge in [0.05, 0.1) is 12.7 Å². The fourth-order valence-corrected chi connectivity index (χ4v) is 2.21. The number of carbonyl (C=O) groups excluding carboxylic acids is 2. The van der Waals surface area contributed by atoms with Crippen molar-refractivity contribution < 1.29 is 14.0 Å². The number of aromatic nitrogens is 1. The highest BCUT2D eigenvalue weighted by molar-refractivity contribution is 5.90. The fourth-order valence-electron chi connectivity index (χ4n) is 2.21. The first-order chi connectivity index (χ1) is 9.27. The van der Waals surface area contributed by atoms with Crippen molar-refractivity contribution in [2.24, 2.45) is 5.41 Å². The predicted molar refractivity (Wildman–Crippen MR) is 72.7 cm³/mol. The van der Waals surface area contributed by atoms with Crippen LogP contribution in [0.3, 0.4) is 0 Å². The van der Waals surface area contributed by atoms with Gasteiger partial charge in [0, 0.05) is 13.0 Å². The Morgan fingerprint density at radius 1 is 1.45 bits per heavy atom. The number of hydrogen-bond acceptors (Lipinski definition) is 4. The van der Waals surface area contributed by atoms with Gasteiger partial charge in [-0.3, -0.25) is 9.59 Å². The molecule has 2 heterocycles. The Morgan fingerprint density at radius 2 is 2.15 bits per heavy atom. The normalized spacial score (nSPS) is 20.8. The van der Waals surface area contributed by atoms with Crippen molar-refractivity contribution in [3.05, 3.63) is 17.8 Å². The molecular weight excluding hydrogens is 258 g/mol. The third-order valence-corrected chi connectivity index (χ3v) is 3.33. The second-order valence-corrected chi connectivity index (χ2v) is 6.24. The lowest BCUT2D eigenvalue weighted by Gasteiger charge is -2.31. The molecule has 1 aromatic heterocycles. The summed E-state index contributed by atoms with van der Waals surface area (Å²) in [5.41, 5.74) is -0.332. The fraction of sp³-hybridized carbons (Fsp3) is 0.643. The van der Waals surface area contributed by atoms with E-state index >= 15 is 0 Å². The topological polar surface area (TPSA) is 75.4 Å². The molecule has 0 aliphatic carbocycles. The molecule has 6 heteroatoms. The maximum Gasteiger partial charge on any atom is 0.246 e. The Kier molecular flexibility index (Phi) is 3.83. The molecule has 6 nitrogen and oxygen atoms in total. The number of rotatable bonds is 2. The molecule has 1 aliphatic rings. The molecule has 110 valence electrons. The number of aryl methyl sites for hydroxylation is 1. The van der Waals surface area contributed by atoms with Crippen LogP contribution in [0.4, 0.5) is 0 Å². The van der Waals surface area contributed by atoms with Gasteiger partial charge in [0.2, 0.25) is 17.7 Å². The molecule has 0 spiro atoms. The SMILES string of the molecule is Cc1cnc(CN2CCC(=O)NC(C(C)(C)C)C2=O)o1. The lowest BCUT2D eigenvalue weighted by molar-refractivity contribution is -0.137. The number of nitrogens with one attached hydrogen (secondary N) is 1. The minimum absolute atomic E-state index is 0.0841. The molecular formula is C14H21N3O3. The number of oxazole rings is 1. The highest BCUT2D eigenvalue weighted by atomic mass is 16.4. The van der Waals surface area contributed by atoms with Gasteiger partial charge < -0.3 is 14.6 Å². The molecule has 2 rings (SSSR count). The van der Waals surface area contributed by atoms with Crippen LogP contribution in [0.1, 0.15) is 38.8 Å². The van der Waals surface area contributed by atoms with E-state index in [2.05, 4.69) is 10.3 Å². The van der Waals surface area contributed by atoms with Crippen LogP contribution in [-0.4, -0.2) is 34.3 Å². The second-order valence-electron chi connectivity index (χ2n) is 6.24. The van der Waals surface area contributed by atoms with Crippen molar-refractivity contribution in [1.82, 2.24) is 15.2 Å². The second kappa shape index (κ2) is 5.26. The lowest BCUT2D eigenvalue weighted by atomic mass is 9.86. The van der Waals surface area contributed by atoms with Gasteiger partial charge in [-0.15, -0.1) is 0 Å². The summed E-state index contributed by atoms with van der Waals surface area (Å²) < 4.78 is 5.41. The van der Waals surface area contributed by atoms with Crippen molar-refractivity contribution in [3.63, 3.8) is 0 Å². The molecule has 1 aromatic rings. The zero-order chi connectivity index (χ0) is 14.9. The molecule has 1 aliphatic heterocycles. The minimum atomic E-state index is -0.520. The first kappa shape index (κ1) is 14.6. The number of carbonyl (C=O) groups is 2. The van der Waals surface area contributed by atoms with Crippen molar-refractivity contribution >= 4 is 11.8 Å². The average Bonchev–Trinajstić information content (AvgIpc) is 2.68. The van der Waals surface area contributed by atoms with E-state index in [1.54, 1.807) is 11.1 Å². The third-order valence-electron chi connectivity index (χ3n) is 3.33. The van der Waals surface area contributed by atoms with Crippen molar-refractivity contribution in [2.75, 3.05) is 6.54 Å². The summed E-state index contributed by atoms with van der Waals surface area (Å²) in [4.78, 5) is 30.1. The smallest absolute Gasteiger partial charge is 0.246 e. The van der Waals surface area contributed by atoms with Crippen LogP contribution in [0, 0.1) is 12.3 Å². The largest absolute Gasteiger partial charge is 0.444 e. The van der Waals surface area contributed by atoms with Gasteiger partial charge in [0.25, 0.3) is 0 Å². The lowest BCUT2D eigenvalue weighted by Crippen LogP contribution is -2.51. The predicted octanol–water partition coefficient (Wildman–Crippen LogP) is 1.25. The van der Waals surface area contributed by atoms with E-state index in [0.717, 1.165) is 0 Å². The van der Waals surface area contributed by atoms with Crippen LogP contribution < -0.4 is 5.32 Å². The number of nitrogens with zero attached hydrogens (tertiary/aromatic N) is 2. The molecule has 0 saturated carbocycles. The van der Waals surface area contributed by atoms with Crippen LogP contribution >= 0.6 is 0 Å². The van der Waals surface area contributed by atoms with E-state index in [4.69, 9.17) is 4.42 Å². The zero-order valence-electron chi connectivity index (χ0n) is 12.4. The van der Waals surface area contributed by atoms with E-state index in [0.29, 0.717) is 31.2 Å². The Morgan fingerprint density at radius 3 is 2.70 bits per heavy atom. The molecule has 1 unspecified atom stereocenters. The van der Waals surface area contributed by atoms with E-state index in [9.17, 15) is 9.59 Å². The minimum Gasteiger partial charge on any atom is -0.444 e. The molecule has 20 heavy (non-hydrogen) atoms. The third kappa shape index (κ3) is 3.18. The van der Waals surface area contributed by atoms with Gasteiger partial charge in [-0.1, -0.05) is 20.8 Å². The van der Waals surface area contributed by atoms with E-state index in [-0.39, 0.29) is 17.2 Å². The van der Waals surface area contributed by atoms with Gasteiger partial charge in [0.1, 0.15) is 11.8 Å². The molecule has 1 fully saturated rings. The highest BCUT2D eigenvalue weighted by Gasteiger charge is 2.38. The zero-order valence-corrected chi connectivity index (χ0v) is 12.4. The van der Waals surface area contributed by atoms with Gasteiger partial charge >= 0.3 is 0 Å². The summed E-state index contributed by atoms with van der Waals surface area (Å²) >= 11 is 0. The molecule has 0 radical (unpaired) electrons. The molecule has 1 saturated heterocycles. The summed E-state index contributed by atoms with van der Waals surface area (Å²) in [6, 6.07) is -0.520. The first-order valence-electron chi connectivity index (χ1n) is 6.77. The highest BCUT2D eigenvalue weighted by Crippen LogP contribution is 2.23. The average molecular weight is 279 g/mol. The monoisotopic (exact) mass is 279 g/mol. The summed E-state index contributed by atoms with van der Waals surface area (Å²) in [5, 5.41) is 2.81. The van der Waals surface area contributed by atoms with E-state index in [1.807, 2.05) is 27.7 Å². The Labute approximate surface area is 118 Å².